The molecule has 15 rings (SSSR count). The second kappa shape index (κ2) is 37.6. The molecule has 3 amide bonds. The molecule has 3 aliphatic heterocycles. The molecule has 6 heterocycles. The molecule has 3 saturated heterocycles. The average Bonchev–Trinajstić information content (AvgIpc) is 0.762. The fraction of sp³-hybridized carbons (Fsp3) is 0.371. The van der Waals surface area contributed by atoms with Crippen LogP contribution < -0.4 is 14.7 Å². The number of hydrogen-bond donors (Lipinski definition) is 0. The molecule has 0 unspecified atom stereocenters. The van der Waals surface area contributed by atoms with Crippen molar-refractivity contribution in [2.45, 2.75) is 207 Å². The van der Waals surface area contributed by atoms with Gasteiger partial charge in [0, 0.05) is 71.4 Å². The number of hydrogen-bond acceptors (Lipinski definition) is 14. The van der Waals surface area contributed by atoms with Crippen LogP contribution in [0.1, 0.15) is 195 Å². The highest BCUT2D eigenvalue weighted by Gasteiger charge is 2.50. The van der Waals surface area contributed by atoms with Crippen molar-refractivity contribution >= 4 is 76.5 Å². The maximum Gasteiger partial charge on any atom is 0.249 e. The van der Waals surface area contributed by atoms with Gasteiger partial charge in [0.2, 0.25) is 47.8 Å². The number of carbonyl (C=O) groups is 3. The van der Waals surface area contributed by atoms with Crippen molar-refractivity contribution in [3.63, 3.8) is 0 Å². The molecule has 6 aliphatic rings. The summed E-state index contributed by atoms with van der Waals surface area (Å²) in [6, 6.07) is 40.5. The smallest absolute Gasteiger partial charge is 0.249 e. The van der Waals surface area contributed by atoms with Crippen molar-refractivity contribution in [1.29, 1.82) is 10.5 Å². The van der Waals surface area contributed by atoms with Gasteiger partial charge < -0.3 is 14.7 Å². The van der Waals surface area contributed by atoms with E-state index in [4.69, 9.17) is 11.6 Å². The van der Waals surface area contributed by atoms with Gasteiger partial charge in [0.05, 0.1) is 69.8 Å². The van der Waals surface area contributed by atoms with Crippen molar-refractivity contribution in [1.82, 2.24) is 27.9 Å². The standard InChI is InChI=1S/C30H31ClN4O3S.C30H31FN4O3S.C29H28F5N3O3S/c2*1-21-24(18-32)16-27(17-28(21)31)39(37,38)35-15-14-29(35)30(36)34(26-10-6-3-7-11-26)20-25-13-12-23(19-33-25)22-8-4-2-5-9-22;1-17-24(31)26(33)28(27(34)25(17)32)41(39,40)37-14-13-23(37)29(38)36(22-11-8-20(30)9-12-22)16-21-10-7-19(15-35-21)18-5-3-2-4-6-18/h2*3,6-7,10-13,16-17,19,22,29H,2,4-5,8-9,14-15,20H2,1H3;7-12,15,18,23H,2-6,13-14,16H2,1H3/t2*29-;23-/m111/s1. The number of nitriles is 2. The normalized spacial score (nSPS) is 18.2. The zero-order valence-electron chi connectivity index (χ0n) is 66.0. The van der Waals surface area contributed by atoms with Gasteiger partial charge in [-0.25, -0.2) is 51.6 Å². The Labute approximate surface area is 695 Å². The number of amides is 3. The largest absolute Gasteiger partial charge is 0.305 e. The van der Waals surface area contributed by atoms with Crippen molar-refractivity contribution in [3.05, 3.63) is 266 Å². The molecule has 0 N–H and O–H groups in total. The molecular formula is C89H90ClF6N11O9S3. The van der Waals surface area contributed by atoms with Crippen LogP contribution in [-0.4, -0.2) is 109 Å². The molecule has 3 aromatic heterocycles. The molecule has 622 valence electrons. The molecule has 6 fully saturated rings. The number of sulfonamides is 3. The highest BCUT2D eigenvalue weighted by molar-refractivity contribution is 7.89. The fourth-order valence-corrected chi connectivity index (χ4v) is 21.6. The van der Waals surface area contributed by atoms with Crippen LogP contribution >= 0.6 is 11.6 Å². The van der Waals surface area contributed by atoms with Crippen LogP contribution in [0.25, 0.3) is 0 Å². The Balaban J connectivity index is 0.000000155. The summed E-state index contributed by atoms with van der Waals surface area (Å²) in [5, 5.41) is 18.9. The maximum absolute atomic E-state index is 14.6. The highest BCUT2D eigenvalue weighted by Crippen LogP contribution is 2.41. The van der Waals surface area contributed by atoms with E-state index in [2.05, 4.69) is 27.1 Å². The Hall–Kier alpha value is -10.2. The number of aromatic nitrogens is 3. The van der Waals surface area contributed by atoms with Crippen molar-refractivity contribution in [2.24, 2.45) is 0 Å². The Bertz CT molecular complexity index is 5410. The van der Waals surface area contributed by atoms with Gasteiger partial charge in [-0.3, -0.25) is 29.3 Å². The molecule has 20 nitrogen and oxygen atoms in total. The predicted octanol–water partition coefficient (Wildman–Crippen LogP) is 17.5. The number of rotatable bonds is 21. The van der Waals surface area contributed by atoms with Gasteiger partial charge in [-0.15, -0.1) is 0 Å². The monoisotopic (exact) mass is 1700 g/mol. The van der Waals surface area contributed by atoms with Crippen molar-refractivity contribution < 1.29 is 66.0 Å². The number of pyridine rings is 3. The van der Waals surface area contributed by atoms with Gasteiger partial charge in [0.15, 0.2) is 28.2 Å². The fourth-order valence-electron chi connectivity index (χ4n) is 16.2. The quantitative estimate of drug-likeness (QED) is 0.0479. The molecule has 3 atom stereocenters. The molecule has 0 spiro atoms. The first kappa shape index (κ1) is 86.6. The second-order valence-electron chi connectivity index (χ2n) is 31.0. The van der Waals surface area contributed by atoms with E-state index < -0.39 is 99.5 Å². The second-order valence-corrected chi connectivity index (χ2v) is 37.0. The zero-order valence-corrected chi connectivity index (χ0v) is 69.2. The Morgan fingerprint density at radius 1 is 0.412 bits per heavy atom. The van der Waals surface area contributed by atoms with Crippen molar-refractivity contribution in [3.8, 4) is 12.1 Å². The molecule has 0 radical (unpaired) electrons. The summed E-state index contributed by atoms with van der Waals surface area (Å²) in [7, 11) is -13.4. The maximum atomic E-state index is 14.6. The Morgan fingerprint density at radius 3 is 1.08 bits per heavy atom. The summed E-state index contributed by atoms with van der Waals surface area (Å²) in [6.07, 6.45) is 24.2. The summed E-state index contributed by atoms with van der Waals surface area (Å²) in [5.41, 5.74) is 6.78. The van der Waals surface area contributed by atoms with Gasteiger partial charge in [-0.1, -0.05) is 124 Å². The molecule has 30 heteroatoms. The summed E-state index contributed by atoms with van der Waals surface area (Å²) in [4.78, 5) is 57.5. The van der Waals surface area contributed by atoms with Gasteiger partial charge >= 0.3 is 0 Å². The minimum absolute atomic E-state index is 0.0101. The van der Waals surface area contributed by atoms with E-state index in [1.807, 2.05) is 91.3 Å². The van der Waals surface area contributed by atoms with E-state index in [-0.39, 0.29) is 94.7 Å². The van der Waals surface area contributed by atoms with E-state index in [0.29, 0.717) is 63.2 Å². The predicted molar refractivity (Wildman–Crippen MR) is 438 cm³/mol. The van der Waals surface area contributed by atoms with Gasteiger partial charge in [-0.2, -0.15) is 23.4 Å². The third-order valence-corrected chi connectivity index (χ3v) is 29.8. The first-order chi connectivity index (χ1) is 57.1. The minimum Gasteiger partial charge on any atom is -0.305 e. The number of benzene rings is 6. The van der Waals surface area contributed by atoms with Crippen molar-refractivity contribution in [2.75, 3.05) is 34.3 Å². The number of anilines is 3. The third-order valence-electron chi connectivity index (χ3n) is 23.7. The lowest BCUT2D eigenvalue weighted by molar-refractivity contribution is -0.125. The number of nitrogens with zero attached hydrogens (tertiary/aromatic N) is 11. The third kappa shape index (κ3) is 18.9. The van der Waals surface area contributed by atoms with Crippen LogP contribution in [0.4, 0.5) is 43.4 Å². The van der Waals surface area contributed by atoms with E-state index in [1.165, 1.54) is 128 Å². The lowest BCUT2D eigenvalue weighted by Crippen LogP contribution is -2.59. The minimum atomic E-state index is -5.15. The van der Waals surface area contributed by atoms with Crippen LogP contribution in [0, 0.1) is 78.3 Å². The highest BCUT2D eigenvalue weighted by atomic mass is 35.5. The van der Waals surface area contributed by atoms with Crippen LogP contribution in [0.3, 0.4) is 0 Å². The summed E-state index contributed by atoms with van der Waals surface area (Å²) in [6.45, 7) is 4.23. The van der Waals surface area contributed by atoms with E-state index in [0.717, 1.165) is 66.4 Å². The summed E-state index contributed by atoms with van der Waals surface area (Å²) < 4.78 is 169. The molecule has 6 aromatic carbocycles. The van der Waals surface area contributed by atoms with E-state index in [9.17, 15) is 76.5 Å². The summed E-state index contributed by atoms with van der Waals surface area (Å²) >= 11 is 6.23. The molecular weight excluding hydrogens is 1610 g/mol. The number of para-hydroxylation sites is 2. The van der Waals surface area contributed by atoms with Gasteiger partial charge in [-0.05, 0) is 210 Å². The van der Waals surface area contributed by atoms with Crippen LogP contribution in [-0.2, 0) is 64.1 Å². The van der Waals surface area contributed by atoms with Gasteiger partial charge in [0.1, 0.15) is 29.8 Å². The van der Waals surface area contributed by atoms with Crippen LogP contribution in [0.2, 0.25) is 5.02 Å². The van der Waals surface area contributed by atoms with E-state index in [1.54, 1.807) is 41.1 Å². The molecule has 9 aromatic rings. The summed E-state index contributed by atoms with van der Waals surface area (Å²) in [5.74, 6) is -9.09. The number of carbonyl (C=O) groups excluding carboxylic acids is 3. The molecule has 3 saturated carbocycles. The average molecular weight is 1700 g/mol. The first-order valence-corrected chi connectivity index (χ1v) is 44.7. The van der Waals surface area contributed by atoms with Crippen LogP contribution in [0.15, 0.2) is 179 Å². The lowest BCUT2D eigenvalue weighted by Gasteiger charge is -2.41. The number of halogens is 7. The molecule has 119 heavy (non-hydrogen) atoms. The SMILES string of the molecule is Cc1c(Cl)cc(S(=O)(=O)N2CC[C@@H]2C(=O)N(Cc2ccc(C3CCCCC3)cn2)c2ccccc2)cc1C#N.Cc1c(F)c(F)c(S(=O)(=O)N2CC[C@@H]2C(=O)N(Cc2ccc(C3CCCCC3)cn2)c2ccc(F)cc2)c(F)c1F.Cc1c(F)cc(S(=O)(=O)N2CC[C@@H]2C(=O)N(Cc2ccc(C3CCCCC3)cn2)c2ccccc2)cc1C#N. The Kier molecular flexibility index (Phi) is 27.4. The molecule has 0 bridgehead atoms. The first-order valence-electron chi connectivity index (χ1n) is 40.0. The van der Waals surface area contributed by atoms with Gasteiger partial charge in [0.25, 0.3) is 0 Å². The zero-order chi connectivity index (χ0) is 84.6. The van der Waals surface area contributed by atoms with Crippen LogP contribution in [0.5, 0.6) is 0 Å². The molecule has 3 aliphatic carbocycles. The topological polar surface area (TPSA) is 259 Å². The Morgan fingerprint density at radius 2 is 0.748 bits per heavy atom. The van der Waals surface area contributed by atoms with E-state index >= 15 is 0 Å². The lowest BCUT2D eigenvalue weighted by atomic mass is 9.85.